The summed E-state index contributed by atoms with van der Waals surface area (Å²) in [5.74, 6) is 0. The van der Waals surface area contributed by atoms with E-state index in [1.165, 1.54) is 5.56 Å². The Kier molecular flexibility index (Phi) is 4.02. The second kappa shape index (κ2) is 6.11. The number of benzene rings is 1. The fourth-order valence-electron chi connectivity index (χ4n) is 2.44. The van der Waals surface area contributed by atoms with Gasteiger partial charge in [-0.25, -0.2) is 4.98 Å². The lowest BCUT2D eigenvalue weighted by Crippen LogP contribution is -2.34. The summed E-state index contributed by atoms with van der Waals surface area (Å²) in [6.07, 6.45) is 3.16. The summed E-state index contributed by atoms with van der Waals surface area (Å²) < 4.78 is 3.24. The summed E-state index contributed by atoms with van der Waals surface area (Å²) in [7, 11) is 1.78. The van der Waals surface area contributed by atoms with Crippen LogP contribution in [0.25, 0.3) is 11.0 Å². The van der Waals surface area contributed by atoms with E-state index in [-0.39, 0.29) is 11.6 Å². The first-order valence-corrected chi connectivity index (χ1v) is 7.29. The van der Waals surface area contributed by atoms with Crippen LogP contribution in [0.5, 0.6) is 0 Å². The van der Waals surface area contributed by atoms with Crippen molar-refractivity contribution in [3.05, 3.63) is 58.8 Å². The van der Waals surface area contributed by atoms with E-state index in [0.29, 0.717) is 17.6 Å². The molecule has 1 atom stereocenters. The summed E-state index contributed by atoms with van der Waals surface area (Å²) in [6.45, 7) is 3.41. The lowest BCUT2D eigenvalue weighted by atomic mass is 10.2. The molecular weight excluding hydrogens is 278 g/mol. The van der Waals surface area contributed by atoms with E-state index in [2.05, 4.69) is 34.5 Å². The highest BCUT2D eigenvalue weighted by Crippen LogP contribution is 2.04. The van der Waals surface area contributed by atoms with Gasteiger partial charge in [-0.15, -0.1) is 0 Å². The van der Waals surface area contributed by atoms with Gasteiger partial charge in [0.1, 0.15) is 11.7 Å². The van der Waals surface area contributed by atoms with Crippen LogP contribution in [0, 0.1) is 0 Å². The number of hydrogen-bond acceptors (Lipinski definition) is 4. The Hall–Kier alpha value is -2.47. The summed E-state index contributed by atoms with van der Waals surface area (Å²) >= 11 is 0. The quantitative estimate of drug-likeness (QED) is 0.771. The van der Waals surface area contributed by atoms with Gasteiger partial charge in [0.15, 0.2) is 5.65 Å². The molecule has 0 aliphatic carbocycles. The summed E-state index contributed by atoms with van der Waals surface area (Å²) in [6, 6.07) is 10.4. The molecule has 2 aromatic heterocycles. The lowest BCUT2D eigenvalue weighted by Gasteiger charge is -2.15. The fraction of sp³-hybridized carbons (Fsp3) is 0.312. The van der Waals surface area contributed by atoms with Crippen molar-refractivity contribution < 1.29 is 0 Å². The first-order valence-electron chi connectivity index (χ1n) is 7.29. The van der Waals surface area contributed by atoms with Crippen molar-refractivity contribution in [2.24, 2.45) is 7.05 Å². The molecule has 1 unspecified atom stereocenters. The van der Waals surface area contributed by atoms with Gasteiger partial charge in [0.25, 0.3) is 5.56 Å². The predicted molar refractivity (Wildman–Crippen MR) is 85.5 cm³/mol. The van der Waals surface area contributed by atoms with Gasteiger partial charge in [0.05, 0.1) is 6.20 Å². The minimum absolute atomic E-state index is 0.0496. The van der Waals surface area contributed by atoms with E-state index in [1.807, 2.05) is 18.2 Å². The largest absolute Gasteiger partial charge is 0.308 e. The Morgan fingerprint density at radius 2 is 2.05 bits per heavy atom. The van der Waals surface area contributed by atoms with Crippen molar-refractivity contribution in [3.8, 4) is 0 Å². The number of rotatable bonds is 5. The second-order valence-electron chi connectivity index (χ2n) is 5.48. The van der Waals surface area contributed by atoms with Gasteiger partial charge in [-0.1, -0.05) is 30.3 Å². The topological polar surface area (TPSA) is 64.7 Å². The van der Waals surface area contributed by atoms with Gasteiger partial charge in [0.2, 0.25) is 0 Å². The molecule has 0 aliphatic heterocycles. The number of nitrogens with zero attached hydrogens (tertiary/aromatic N) is 4. The molecule has 2 heterocycles. The fourth-order valence-corrected chi connectivity index (χ4v) is 2.44. The first kappa shape index (κ1) is 14.5. The third kappa shape index (κ3) is 2.92. The molecule has 0 saturated heterocycles. The zero-order valence-electron chi connectivity index (χ0n) is 12.7. The molecule has 0 radical (unpaired) electrons. The highest BCUT2D eigenvalue weighted by atomic mass is 16.1. The number of hydrogen-bond donors (Lipinski definition) is 1. The molecule has 0 amide bonds. The second-order valence-corrected chi connectivity index (χ2v) is 5.48. The van der Waals surface area contributed by atoms with Gasteiger partial charge in [0, 0.05) is 26.2 Å². The molecule has 0 saturated carbocycles. The molecule has 3 rings (SSSR count). The van der Waals surface area contributed by atoms with Crippen LogP contribution in [0.2, 0.25) is 0 Å². The van der Waals surface area contributed by atoms with Crippen molar-refractivity contribution in [1.29, 1.82) is 0 Å². The highest BCUT2D eigenvalue weighted by molar-refractivity contribution is 5.72. The van der Waals surface area contributed by atoms with Gasteiger partial charge in [-0.3, -0.25) is 14.0 Å². The standard InChI is InChI=1S/C16H19N5O/c1-12(17-8-13-6-4-3-5-7-13)10-21-11-18-15-14(16(21)22)9-19-20(15)2/h3-7,9,11-12,17H,8,10H2,1-2H3. The smallest absolute Gasteiger partial charge is 0.264 e. The summed E-state index contributed by atoms with van der Waals surface area (Å²) in [5.41, 5.74) is 1.79. The van der Waals surface area contributed by atoms with Crippen LogP contribution < -0.4 is 10.9 Å². The van der Waals surface area contributed by atoms with Gasteiger partial charge < -0.3 is 5.32 Å². The van der Waals surface area contributed by atoms with Crippen LogP contribution in [0.3, 0.4) is 0 Å². The summed E-state index contributed by atoms with van der Waals surface area (Å²) in [5, 5.41) is 8.05. The van der Waals surface area contributed by atoms with Crippen molar-refractivity contribution in [2.75, 3.05) is 0 Å². The average molecular weight is 297 g/mol. The van der Waals surface area contributed by atoms with Gasteiger partial charge in [-0.2, -0.15) is 5.10 Å². The normalized spacial score (nSPS) is 12.6. The van der Waals surface area contributed by atoms with E-state index < -0.39 is 0 Å². The Morgan fingerprint density at radius 3 is 2.82 bits per heavy atom. The van der Waals surface area contributed by atoms with Crippen LogP contribution in [0.15, 0.2) is 47.7 Å². The van der Waals surface area contributed by atoms with E-state index in [4.69, 9.17) is 0 Å². The zero-order chi connectivity index (χ0) is 15.5. The van der Waals surface area contributed by atoms with E-state index >= 15 is 0 Å². The number of aryl methyl sites for hydroxylation is 1. The zero-order valence-corrected chi connectivity index (χ0v) is 12.7. The van der Waals surface area contributed by atoms with Crippen molar-refractivity contribution in [1.82, 2.24) is 24.6 Å². The average Bonchev–Trinajstić information content (AvgIpc) is 2.91. The molecule has 22 heavy (non-hydrogen) atoms. The SMILES string of the molecule is CC(Cn1cnc2c(cnn2C)c1=O)NCc1ccccc1. The highest BCUT2D eigenvalue weighted by Gasteiger charge is 2.10. The third-order valence-electron chi connectivity index (χ3n) is 3.69. The van der Waals surface area contributed by atoms with E-state index in [0.717, 1.165) is 6.54 Å². The Balaban J connectivity index is 1.70. The molecule has 3 aromatic rings. The van der Waals surface area contributed by atoms with Crippen LogP contribution >= 0.6 is 0 Å². The van der Waals surface area contributed by atoms with Crippen molar-refractivity contribution in [2.45, 2.75) is 26.1 Å². The molecule has 114 valence electrons. The van der Waals surface area contributed by atoms with Crippen LogP contribution in [-0.2, 0) is 20.1 Å². The lowest BCUT2D eigenvalue weighted by molar-refractivity contribution is 0.467. The van der Waals surface area contributed by atoms with Gasteiger partial charge >= 0.3 is 0 Å². The molecular formula is C16H19N5O. The number of fused-ring (bicyclic) bond motifs is 1. The Labute approximate surface area is 128 Å². The minimum Gasteiger partial charge on any atom is -0.308 e. The van der Waals surface area contributed by atoms with E-state index in [9.17, 15) is 4.79 Å². The molecule has 6 heteroatoms. The molecule has 1 aromatic carbocycles. The molecule has 0 aliphatic rings. The predicted octanol–water partition coefficient (Wildman–Crippen LogP) is 1.31. The molecule has 0 fully saturated rings. The molecule has 1 N–H and O–H groups in total. The molecule has 0 bridgehead atoms. The maximum Gasteiger partial charge on any atom is 0.264 e. The first-order chi connectivity index (χ1) is 10.6. The minimum atomic E-state index is -0.0496. The number of nitrogens with one attached hydrogen (secondary N) is 1. The molecule has 0 spiro atoms. The Morgan fingerprint density at radius 1 is 1.27 bits per heavy atom. The number of aromatic nitrogens is 4. The Bertz CT molecular complexity index is 821. The van der Waals surface area contributed by atoms with E-state index in [1.54, 1.807) is 28.8 Å². The maximum absolute atomic E-state index is 12.4. The van der Waals surface area contributed by atoms with Crippen molar-refractivity contribution in [3.63, 3.8) is 0 Å². The molecule has 6 nitrogen and oxygen atoms in total. The monoisotopic (exact) mass is 297 g/mol. The van der Waals surface area contributed by atoms with Crippen LogP contribution in [-0.4, -0.2) is 25.4 Å². The van der Waals surface area contributed by atoms with Gasteiger partial charge in [-0.05, 0) is 12.5 Å². The third-order valence-corrected chi connectivity index (χ3v) is 3.69. The van der Waals surface area contributed by atoms with Crippen molar-refractivity contribution >= 4 is 11.0 Å². The summed E-state index contributed by atoms with van der Waals surface area (Å²) in [4.78, 5) is 16.7. The van der Waals surface area contributed by atoms with Crippen LogP contribution in [0.4, 0.5) is 0 Å². The van der Waals surface area contributed by atoms with Crippen LogP contribution in [0.1, 0.15) is 12.5 Å². The maximum atomic E-state index is 12.4.